The molecule has 130 valence electrons. The van der Waals surface area contributed by atoms with E-state index in [4.69, 9.17) is 0 Å². The average Bonchev–Trinajstić information content (AvgIpc) is 2.99. The number of hydrogen-bond donors (Lipinski definition) is 1. The molecule has 7 heteroatoms. The molecule has 0 radical (unpaired) electrons. The molecule has 0 spiro atoms. The molecule has 1 aliphatic rings. The van der Waals surface area contributed by atoms with Crippen LogP contribution < -0.4 is 4.90 Å². The minimum absolute atomic E-state index is 0.132. The highest BCUT2D eigenvalue weighted by Crippen LogP contribution is 2.33. The summed E-state index contributed by atoms with van der Waals surface area (Å²) in [6.45, 7) is 1.44. The molecule has 2 heterocycles. The molecule has 1 aliphatic heterocycles. The van der Waals surface area contributed by atoms with Gasteiger partial charge >= 0.3 is 0 Å². The molecule has 1 atom stereocenters. The van der Waals surface area contributed by atoms with Crippen molar-refractivity contribution in [3.63, 3.8) is 0 Å². The number of sulfone groups is 1. The highest BCUT2D eigenvalue weighted by molar-refractivity contribution is 7.90. The van der Waals surface area contributed by atoms with E-state index in [1.807, 2.05) is 29.9 Å². The SMILES string of the molecule is Cn1ccnc1C(O)C1CCN(c2ccccc2S(C)(=O)=O)CC1. The Bertz CT molecular complexity index is 808. The Morgan fingerprint density at radius 2 is 1.92 bits per heavy atom. The Hall–Kier alpha value is -1.86. The molecule has 1 saturated heterocycles. The molecule has 1 fully saturated rings. The third-order valence-electron chi connectivity index (χ3n) is 4.71. The van der Waals surface area contributed by atoms with Gasteiger partial charge in [0.15, 0.2) is 9.84 Å². The fourth-order valence-electron chi connectivity index (χ4n) is 3.36. The van der Waals surface area contributed by atoms with Crippen molar-refractivity contribution in [3.05, 3.63) is 42.5 Å². The molecular weight excluding hydrogens is 326 g/mol. The van der Waals surface area contributed by atoms with Gasteiger partial charge in [-0.05, 0) is 30.9 Å². The van der Waals surface area contributed by atoms with E-state index in [9.17, 15) is 13.5 Å². The van der Waals surface area contributed by atoms with Crippen molar-refractivity contribution in [2.24, 2.45) is 13.0 Å². The van der Waals surface area contributed by atoms with E-state index in [0.717, 1.165) is 31.6 Å². The van der Waals surface area contributed by atoms with Gasteiger partial charge in [-0.3, -0.25) is 0 Å². The number of aliphatic hydroxyl groups is 1. The van der Waals surface area contributed by atoms with E-state index in [2.05, 4.69) is 9.88 Å². The molecule has 0 bridgehead atoms. The molecule has 1 N–H and O–H groups in total. The number of aliphatic hydroxyl groups excluding tert-OH is 1. The molecule has 1 aromatic heterocycles. The molecular formula is C17H23N3O3S. The van der Waals surface area contributed by atoms with Crippen molar-refractivity contribution in [1.29, 1.82) is 0 Å². The topological polar surface area (TPSA) is 75.4 Å². The van der Waals surface area contributed by atoms with Gasteiger partial charge in [-0.2, -0.15) is 0 Å². The van der Waals surface area contributed by atoms with Crippen LogP contribution in [0.25, 0.3) is 0 Å². The van der Waals surface area contributed by atoms with Crippen LogP contribution >= 0.6 is 0 Å². The summed E-state index contributed by atoms with van der Waals surface area (Å²) in [5.41, 5.74) is 0.755. The number of benzene rings is 1. The van der Waals surface area contributed by atoms with E-state index in [0.29, 0.717) is 10.7 Å². The lowest BCUT2D eigenvalue weighted by atomic mass is 9.90. The van der Waals surface area contributed by atoms with Gasteiger partial charge in [-0.1, -0.05) is 12.1 Å². The zero-order chi connectivity index (χ0) is 17.3. The smallest absolute Gasteiger partial charge is 0.177 e. The first-order chi connectivity index (χ1) is 11.4. The predicted molar refractivity (Wildman–Crippen MR) is 92.7 cm³/mol. The van der Waals surface area contributed by atoms with Crippen LogP contribution in [0.2, 0.25) is 0 Å². The summed E-state index contributed by atoms with van der Waals surface area (Å²) in [7, 11) is -1.38. The van der Waals surface area contributed by atoms with E-state index in [-0.39, 0.29) is 5.92 Å². The van der Waals surface area contributed by atoms with Gasteiger partial charge in [0.25, 0.3) is 0 Å². The highest BCUT2D eigenvalue weighted by Gasteiger charge is 2.29. The quantitative estimate of drug-likeness (QED) is 0.910. The van der Waals surface area contributed by atoms with Gasteiger partial charge in [0.1, 0.15) is 11.9 Å². The summed E-state index contributed by atoms with van der Waals surface area (Å²) in [5, 5.41) is 10.6. The summed E-state index contributed by atoms with van der Waals surface area (Å²) < 4.78 is 25.8. The first-order valence-corrected chi connectivity index (χ1v) is 9.96. The second-order valence-electron chi connectivity index (χ2n) is 6.41. The van der Waals surface area contributed by atoms with Crippen molar-refractivity contribution in [3.8, 4) is 0 Å². The fourth-order valence-corrected chi connectivity index (χ4v) is 4.26. The second-order valence-corrected chi connectivity index (χ2v) is 8.39. The molecule has 3 rings (SSSR count). The number of rotatable bonds is 4. The van der Waals surface area contributed by atoms with Crippen molar-refractivity contribution in [1.82, 2.24) is 9.55 Å². The number of aryl methyl sites for hydroxylation is 1. The van der Waals surface area contributed by atoms with Gasteiger partial charge in [0, 0.05) is 38.8 Å². The van der Waals surface area contributed by atoms with Crippen molar-refractivity contribution >= 4 is 15.5 Å². The van der Waals surface area contributed by atoms with Crippen molar-refractivity contribution < 1.29 is 13.5 Å². The fraction of sp³-hybridized carbons (Fsp3) is 0.471. The first-order valence-electron chi connectivity index (χ1n) is 8.07. The minimum atomic E-state index is -3.26. The Labute approximate surface area is 142 Å². The predicted octanol–water partition coefficient (Wildman–Crippen LogP) is 1.77. The van der Waals surface area contributed by atoms with Gasteiger partial charge < -0.3 is 14.6 Å². The summed E-state index contributed by atoms with van der Waals surface area (Å²) in [6.07, 6.45) is 5.77. The Morgan fingerprint density at radius 3 is 2.50 bits per heavy atom. The second kappa shape index (κ2) is 6.57. The van der Waals surface area contributed by atoms with Crippen LogP contribution in [0.3, 0.4) is 0 Å². The van der Waals surface area contributed by atoms with Crippen LogP contribution in [-0.4, -0.2) is 42.4 Å². The van der Waals surface area contributed by atoms with Crippen LogP contribution in [0.4, 0.5) is 5.69 Å². The van der Waals surface area contributed by atoms with Crippen LogP contribution in [0.5, 0.6) is 0 Å². The maximum Gasteiger partial charge on any atom is 0.177 e. The lowest BCUT2D eigenvalue weighted by Gasteiger charge is -2.36. The Kier molecular flexibility index (Phi) is 4.64. The number of aromatic nitrogens is 2. The monoisotopic (exact) mass is 349 g/mol. The van der Waals surface area contributed by atoms with Crippen molar-refractivity contribution in [2.45, 2.75) is 23.8 Å². The van der Waals surface area contributed by atoms with Gasteiger partial charge in [-0.25, -0.2) is 13.4 Å². The maximum absolute atomic E-state index is 12.0. The molecule has 24 heavy (non-hydrogen) atoms. The zero-order valence-corrected chi connectivity index (χ0v) is 14.8. The number of nitrogens with zero attached hydrogens (tertiary/aromatic N) is 3. The summed E-state index contributed by atoms with van der Waals surface area (Å²) in [6, 6.07) is 7.11. The average molecular weight is 349 g/mol. The lowest BCUT2D eigenvalue weighted by molar-refractivity contribution is 0.0824. The van der Waals surface area contributed by atoms with E-state index < -0.39 is 15.9 Å². The Balaban J connectivity index is 1.73. The minimum Gasteiger partial charge on any atom is -0.385 e. The van der Waals surface area contributed by atoms with Crippen LogP contribution in [0.1, 0.15) is 24.8 Å². The van der Waals surface area contributed by atoms with E-state index >= 15 is 0 Å². The van der Waals surface area contributed by atoms with Gasteiger partial charge in [-0.15, -0.1) is 0 Å². The molecule has 1 unspecified atom stereocenters. The van der Waals surface area contributed by atoms with Gasteiger partial charge in [0.05, 0.1) is 10.6 Å². The van der Waals surface area contributed by atoms with Crippen LogP contribution in [0.15, 0.2) is 41.6 Å². The zero-order valence-electron chi connectivity index (χ0n) is 14.0. The molecule has 6 nitrogen and oxygen atoms in total. The number of imidazole rings is 1. The number of hydrogen-bond acceptors (Lipinski definition) is 5. The largest absolute Gasteiger partial charge is 0.385 e. The summed E-state index contributed by atoms with van der Waals surface area (Å²) in [5.74, 6) is 0.817. The highest BCUT2D eigenvalue weighted by atomic mass is 32.2. The van der Waals surface area contributed by atoms with E-state index in [1.165, 1.54) is 6.26 Å². The maximum atomic E-state index is 12.0. The third kappa shape index (κ3) is 3.32. The van der Waals surface area contributed by atoms with Crippen molar-refractivity contribution in [2.75, 3.05) is 24.2 Å². The van der Waals surface area contributed by atoms with Gasteiger partial charge in [0.2, 0.25) is 0 Å². The normalized spacial score (nSPS) is 17.9. The summed E-state index contributed by atoms with van der Waals surface area (Å²) in [4.78, 5) is 6.70. The Morgan fingerprint density at radius 1 is 1.25 bits per heavy atom. The molecule has 1 aromatic carbocycles. The molecule has 0 aliphatic carbocycles. The molecule has 2 aromatic rings. The molecule has 0 saturated carbocycles. The summed E-state index contributed by atoms with van der Waals surface area (Å²) >= 11 is 0. The third-order valence-corrected chi connectivity index (χ3v) is 5.86. The molecule has 0 amide bonds. The van der Waals surface area contributed by atoms with E-state index in [1.54, 1.807) is 18.3 Å². The van der Waals surface area contributed by atoms with Crippen LogP contribution in [0, 0.1) is 5.92 Å². The first kappa shape index (κ1) is 17.0. The standard InChI is InChI=1S/C17H23N3O3S/c1-19-12-9-18-17(19)16(21)13-7-10-20(11-8-13)14-5-3-4-6-15(14)24(2,22)23/h3-6,9,12-13,16,21H,7-8,10-11H2,1-2H3. The van der Waals surface area contributed by atoms with Crippen LogP contribution in [-0.2, 0) is 16.9 Å². The number of para-hydroxylation sites is 1. The number of piperidine rings is 1. The lowest BCUT2D eigenvalue weighted by Crippen LogP contribution is -2.36. The number of anilines is 1.